The summed E-state index contributed by atoms with van der Waals surface area (Å²) >= 11 is 6.43. The van der Waals surface area contributed by atoms with Gasteiger partial charge < -0.3 is 20.3 Å². The molecule has 0 bridgehead atoms. The van der Waals surface area contributed by atoms with E-state index in [1.807, 2.05) is 0 Å². The minimum absolute atomic E-state index is 0.0323. The molecule has 1 aromatic heterocycles. The summed E-state index contributed by atoms with van der Waals surface area (Å²) in [6.07, 6.45) is 2.26. The van der Waals surface area contributed by atoms with E-state index < -0.39 is 35.3 Å². The zero-order valence-electron chi connectivity index (χ0n) is 16.4. The summed E-state index contributed by atoms with van der Waals surface area (Å²) in [5, 5.41) is 14.3. The van der Waals surface area contributed by atoms with E-state index in [-0.39, 0.29) is 28.0 Å². The second-order valence-electron chi connectivity index (χ2n) is 7.80. The van der Waals surface area contributed by atoms with Gasteiger partial charge in [0.25, 0.3) is 17.6 Å². The molecule has 4 rings (SSSR count). The SMILES string of the molecule is O=C(NC1CC(O)C1)C(=O)c1c(Cl)c(C(=O)Nc2ccc(F)c(F)c2)c2n1CCCC2. The summed E-state index contributed by atoms with van der Waals surface area (Å²) in [4.78, 5) is 38.2. The first-order chi connectivity index (χ1) is 14.8. The van der Waals surface area contributed by atoms with Crippen molar-refractivity contribution in [3.8, 4) is 0 Å². The molecule has 0 atom stereocenters. The number of nitrogens with one attached hydrogen (secondary N) is 2. The predicted octanol–water partition coefficient (Wildman–Crippen LogP) is 2.83. The molecular formula is C21H20ClF2N3O4. The molecule has 0 unspecified atom stereocenters. The highest BCUT2D eigenvalue weighted by atomic mass is 35.5. The maximum absolute atomic E-state index is 13.5. The van der Waals surface area contributed by atoms with Crippen molar-refractivity contribution < 1.29 is 28.3 Å². The molecule has 31 heavy (non-hydrogen) atoms. The van der Waals surface area contributed by atoms with Crippen LogP contribution >= 0.6 is 11.6 Å². The van der Waals surface area contributed by atoms with Crippen molar-refractivity contribution in [2.45, 2.75) is 50.8 Å². The van der Waals surface area contributed by atoms with Gasteiger partial charge in [-0.25, -0.2) is 8.78 Å². The minimum atomic E-state index is -1.11. The average Bonchev–Trinajstić information content (AvgIpc) is 3.00. The Morgan fingerprint density at radius 2 is 1.87 bits per heavy atom. The molecule has 0 spiro atoms. The zero-order valence-corrected chi connectivity index (χ0v) is 17.1. The van der Waals surface area contributed by atoms with E-state index in [9.17, 15) is 28.3 Å². The molecule has 0 saturated heterocycles. The highest BCUT2D eigenvalue weighted by Gasteiger charge is 2.36. The van der Waals surface area contributed by atoms with Crippen LogP contribution in [0, 0.1) is 11.6 Å². The van der Waals surface area contributed by atoms with E-state index >= 15 is 0 Å². The van der Waals surface area contributed by atoms with Gasteiger partial charge in [0, 0.05) is 30.0 Å². The largest absolute Gasteiger partial charge is 0.393 e. The number of anilines is 1. The van der Waals surface area contributed by atoms with Gasteiger partial charge in [-0.2, -0.15) is 0 Å². The first-order valence-electron chi connectivity index (χ1n) is 9.96. The number of nitrogens with zero attached hydrogens (tertiary/aromatic N) is 1. The van der Waals surface area contributed by atoms with Gasteiger partial charge in [-0.3, -0.25) is 14.4 Å². The number of aliphatic hydroxyl groups is 1. The van der Waals surface area contributed by atoms with Crippen LogP contribution in [0.4, 0.5) is 14.5 Å². The Morgan fingerprint density at radius 1 is 1.13 bits per heavy atom. The van der Waals surface area contributed by atoms with Crippen LogP contribution in [0.3, 0.4) is 0 Å². The lowest BCUT2D eigenvalue weighted by atomic mass is 9.89. The highest BCUT2D eigenvalue weighted by molar-refractivity contribution is 6.48. The Kier molecular flexibility index (Phi) is 5.81. The third kappa shape index (κ3) is 4.07. The average molecular weight is 452 g/mol. The van der Waals surface area contributed by atoms with Crippen molar-refractivity contribution in [2.75, 3.05) is 5.32 Å². The van der Waals surface area contributed by atoms with E-state index in [1.54, 1.807) is 4.57 Å². The molecule has 2 amide bonds. The molecule has 10 heteroatoms. The number of hydrogen-bond donors (Lipinski definition) is 3. The molecule has 2 aliphatic rings. The van der Waals surface area contributed by atoms with Crippen LogP contribution in [0.5, 0.6) is 0 Å². The van der Waals surface area contributed by atoms with Gasteiger partial charge in [-0.1, -0.05) is 11.6 Å². The number of carbonyl (C=O) groups is 3. The Labute approximate surface area is 181 Å². The number of ketones is 1. The zero-order chi connectivity index (χ0) is 22.3. The fourth-order valence-electron chi connectivity index (χ4n) is 3.99. The van der Waals surface area contributed by atoms with Crippen molar-refractivity contribution in [1.82, 2.24) is 9.88 Å². The molecule has 7 nitrogen and oxygen atoms in total. The molecule has 1 fully saturated rings. The predicted molar refractivity (Wildman–Crippen MR) is 108 cm³/mol. The van der Waals surface area contributed by atoms with E-state index in [0.29, 0.717) is 31.5 Å². The lowest BCUT2D eigenvalue weighted by molar-refractivity contribution is -0.119. The fraction of sp³-hybridized carbons (Fsp3) is 0.381. The summed E-state index contributed by atoms with van der Waals surface area (Å²) in [5.41, 5.74) is 0.530. The third-order valence-electron chi connectivity index (χ3n) is 5.63. The molecule has 2 aromatic rings. The molecular weight excluding hydrogens is 432 g/mol. The first kappa shape index (κ1) is 21.5. The maximum atomic E-state index is 13.5. The van der Waals surface area contributed by atoms with Crippen LogP contribution in [0.25, 0.3) is 0 Å². The van der Waals surface area contributed by atoms with E-state index in [0.717, 1.165) is 25.0 Å². The smallest absolute Gasteiger partial charge is 0.294 e. The van der Waals surface area contributed by atoms with Gasteiger partial charge in [0.05, 0.1) is 16.7 Å². The van der Waals surface area contributed by atoms with Crippen LogP contribution in [0.15, 0.2) is 18.2 Å². The summed E-state index contributed by atoms with van der Waals surface area (Å²) < 4.78 is 28.2. The summed E-state index contributed by atoms with van der Waals surface area (Å²) in [6, 6.07) is 2.66. The number of carbonyl (C=O) groups excluding carboxylic acids is 3. The quantitative estimate of drug-likeness (QED) is 0.480. The van der Waals surface area contributed by atoms with Crippen LogP contribution < -0.4 is 10.6 Å². The lowest BCUT2D eigenvalue weighted by Gasteiger charge is -2.31. The van der Waals surface area contributed by atoms with Gasteiger partial charge in [0.1, 0.15) is 5.69 Å². The number of aromatic nitrogens is 1. The van der Waals surface area contributed by atoms with E-state index in [1.165, 1.54) is 6.07 Å². The normalized spacial score (nSPS) is 19.9. The van der Waals surface area contributed by atoms with E-state index in [2.05, 4.69) is 10.6 Å². The van der Waals surface area contributed by atoms with Gasteiger partial charge in [-0.05, 0) is 44.2 Å². The first-order valence-corrected chi connectivity index (χ1v) is 10.3. The molecule has 164 valence electrons. The number of benzene rings is 1. The van der Waals surface area contributed by atoms with Gasteiger partial charge in [0.15, 0.2) is 11.6 Å². The lowest BCUT2D eigenvalue weighted by Crippen LogP contribution is -2.49. The summed E-state index contributed by atoms with van der Waals surface area (Å²) in [6.45, 7) is 0.421. The second-order valence-corrected chi connectivity index (χ2v) is 8.18. The Morgan fingerprint density at radius 3 is 2.55 bits per heavy atom. The summed E-state index contributed by atoms with van der Waals surface area (Å²) in [7, 11) is 0. The van der Waals surface area contributed by atoms with Crippen LogP contribution in [-0.2, 0) is 17.8 Å². The maximum Gasteiger partial charge on any atom is 0.294 e. The number of halogens is 3. The minimum Gasteiger partial charge on any atom is -0.393 e. The number of aliphatic hydroxyl groups excluding tert-OH is 1. The van der Waals surface area contributed by atoms with Crippen LogP contribution in [0.1, 0.15) is 52.2 Å². The standard InChI is InChI=1S/C21H20ClF2N3O4/c22-17-16(20(30)25-10-4-5-13(23)14(24)9-10)15-3-1-2-6-27(15)18(17)19(29)21(31)26-11-7-12(28)8-11/h4-5,9,11-12,28H,1-3,6-8H2,(H,25,30)(H,26,31). The fourth-order valence-corrected chi connectivity index (χ4v) is 4.37. The van der Waals surface area contributed by atoms with Gasteiger partial charge in [-0.15, -0.1) is 0 Å². The van der Waals surface area contributed by atoms with Crippen molar-refractivity contribution in [2.24, 2.45) is 0 Å². The van der Waals surface area contributed by atoms with Crippen molar-refractivity contribution in [3.05, 3.63) is 51.8 Å². The molecule has 1 saturated carbocycles. The molecule has 3 N–H and O–H groups in total. The molecule has 1 aliphatic carbocycles. The third-order valence-corrected chi connectivity index (χ3v) is 6.00. The number of rotatable bonds is 5. The van der Waals surface area contributed by atoms with Gasteiger partial charge >= 0.3 is 0 Å². The number of hydrogen-bond acceptors (Lipinski definition) is 4. The second kappa shape index (κ2) is 8.39. The number of amides is 2. The van der Waals surface area contributed by atoms with Crippen LogP contribution in [-0.4, -0.2) is 39.4 Å². The Balaban J connectivity index is 1.63. The monoisotopic (exact) mass is 451 g/mol. The van der Waals surface area contributed by atoms with Crippen molar-refractivity contribution in [1.29, 1.82) is 0 Å². The highest BCUT2D eigenvalue weighted by Crippen LogP contribution is 2.33. The van der Waals surface area contributed by atoms with Gasteiger partial charge in [0.2, 0.25) is 0 Å². The van der Waals surface area contributed by atoms with Crippen molar-refractivity contribution >= 4 is 34.9 Å². The molecule has 2 heterocycles. The van der Waals surface area contributed by atoms with Crippen LogP contribution in [0.2, 0.25) is 5.02 Å². The van der Waals surface area contributed by atoms with E-state index in [4.69, 9.17) is 11.6 Å². The number of Topliss-reactive ketones (excluding diaryl/α,β-unsaturated/α-hetero) is 1. The summed E-state index contributed by atoms with van der Waals surface area (Å²) in [5.74, 6) is -4.55. The topological polar surface area (TPSA) is 100 Å². The molecule has 1 aliphatic heterocycles. The molecule has 1 aromatic carbocycles. The van der Waals surface area contributed by atoms with Crippen molar-refractivity contribution in [3.63, 3.8) is 0 Å². The number of fused-ring (bicyclic) bond motifs is 1. The Bertz CT molecular complexity index is 1080. The molecule has 0 radical (unpaired) electrons. The Hall–Kier alpha value is -2.78.